The van der Waals surface area contributed by atoms with Crippen LogP contribution in [0.25, 0.3) is 0 Å². The molecule has 15 heavy (non-hydrogen) atoms. The van der Waals surface area contributed by atoms with E-state index < -0.39 is 0 Å². The number of nitrogens with two attached hydrogens (primary N) is 1. The Hall–Kier alpha value is -1.36. The van der Waals surface area contributed by atoms with Crippen LogP contribution in [0.15, 0.2) is 10.9 Å². The smallest absolute Gasteiger partial charge is 0.252 e. The molecular formula is C10H16N4O. The van der Waals surface area contributed by atoms with E-state index in [0.29, 0.717) is 11.7 Å². The average molecular weight is 208 g/mol. The molecule has 0 saturated carbocycles. The minimum atomic E-state index is -0.106. The van der Waals surface area contributed by atoms with E-state index >= 15 is 0 Å². The maximum absolute atomic E-state index is 11.3. The quantitative estimate of drug-likeness (QED) is 0.673. The Labute approximate surface area is 88.3 Å². The molecule has 1 aliphatic heterocycles. The highest BCUT2D eigenvalue weighted by Crippen LogP contribution is 2.19. The minimum absolute atomic E-state index is 0.106. The van der Waals surface area contributed by atoms with Gasteiger partial charge in [-0.1, -0.05) is 6.92 Å². The zero-order chi connectivity index (χ0) is 11.0. The Morgan fingerprint density at radius 2 is 2.33 bits per heavy atom. The number of rotatable bonds is 1. The number of nitrogens with zero attached hydrogens (tertiary/aromatic N) is 2. The summed E-state index contributed by atoms with van der Waals surface area (Å²) < 4.78 is 0. The minimum Gasteiger partial charge on any atom is -0.354 e. The zero-order valence-electron chi connectivity index (χ0n) is 9.03. The van der Waals surface area contributed by atoms with Gasteiger partial charge in [-0.2, -0.15) is 0 Å². The van der Waals surface area contributed by atoms with E-state index in [1.54, 1.807) is 6.92 Å². The van der Waals surface area contributed by atoms with Crippen molar-refractivity contribution in [3.63, 3.8) is 0 Å². The lowest BCUT2D eigenvalue weighted by Crippen LogP contribution is -2.29. The Morgan fingerprint density at radius 1 is 1.60 bits per heavy atom. The first kappa shape index (κ1) is 10.2. The van der Waals surface area contributed by atoms with Crippen molar-refractivity contribution in [2.24, 2.45) is 11.7 Å². The van der Waals surface area contributed by atoms with Crippen molar-refractivity contribution in [1.82, 2.24) is 9.97 Å². The number of H-pyrrole nitrogens is 1. The molecule has 3 N–H and O–H groups in total. The third kappa shape index (κ3) is 2.02. The SMILES string of the molecule is Cc1nc(N2CC(C)C(N)C2)cc(=O)[nH]1. The topological polar surface area (TPSA) is 75.0 Å². The number of aromatic amines is 1. The van der Waals surface area contributed by atoms with Crippen LogP contribution in [0.3, 0.4) is 0 Å². The molecule has 0 bridgehead atoms. The summed E-state index contributed by atoms with van der Waals surface area (Å²) in [4.78, 5) is 20.3. The summed E-state index contributed by atoms with van der Waals surface area (Å²) in [5.41, 5.74) is 5.82. The first-order chi connectivity index (χ1) is 7.06. The lowest BCUT2D eigenvalue weighted by Gasteiger charge is -2.16. The number of nitrogens with one attached hydrogen (secondary N) is 1. The molecule has 0 aliphatic carbocycles. The van der Waals surface area contributed by atoms with E-state index in [1.165, 1.54) is 6.07 Å². The van der Waals surface area contributed by atoms with Crippen molar-refractivity contribution in [2.75, 3.05) is 18.0 Å². The fourth-order valence-electron chi connectivity index (χ4n) is 1.90. The van der Waals surface area contributed by atoms with Gasteiger partial charge in [0.2, 0.25) is 0 Å². The summed E-state index contributed by atoms with van der Waals surface area (Å²) >= 11 is 0. The van der Waals surface area contributed by atoms with Crippen molar-refractivity contribution >= 4 is 5.82 Å². The summed E-state index contributed by atoms with van der Waals surface area (Å²) in [6.45, 7) is 5.54. The highest BCUT2D eigenvalue weighted by molar-refractivity contribution is 5.39. The van der Waals surface area contributed by atoms with Crippen LogP contribution < -0.4 is 16.2 Å². The van der Waals surface area contributed by atoms with Gasteiger partial charge in [0.05, 0.1) is 0 Å². The highest BCUT2D eigenvalue weighted by atomic mass is 16.1. The normalized spacial score (nSPS) is 25.9. The second-order valence-electron chi connectivity index (χ2n) is 4.24. The molecule has 0 amide bonds. The van der Waals surface area contributed by atoms with E-state index in [-0.39, 0.29) is 11.6 Å². The standard InChI is InChI=1S/C10H16N4O/c1-6-4-14(5-8(6)11)9-3-10(15)13-7(2)12-9/h3,6,8H,4-5,11H2,1-2H3,(H,12,13,15). The lowest BCUT2D eigenvalue weighted by atomic mass is 10.1. The van der Waals surface area contributed by atoms with Crippen molar-refractivity contribution in [1.29, 1.82) is 0 Å². The number of aryl methyl sites for hydroxylation is 1. The third-order valence-electron chi connectivity index (χ3n) is 2.84. The molecular weight excluding hydrogens is 192 g/mol. The molecule has 5 heteroatoms. The van der Waals surface area contributed by atoms with E-state index in [4.69, 9.17) is 5.73 Å². The van der Waals surface area contributed by atoms with Crippen molar-refractivity contribution in [2.45, 2.75) is 19.9 Å². The van der Waals surface area contributed by atoms with E-state index in [1.807, 2.05) is 0 Å². The number of aromatic nitrogens is 2. The second kappa shape index (κ2) is 3.66. The molecule has 1 fully saturated rings. The van der Waals surface area contributed by atoms with Crippen LogP contribution in [0.1, 0.15) is 12.7 Å². The molecule has 1 aliphatic rings. The number of anilines is 1. The monoisotopic (exact) mass is 208 g/mol. The Morgan fingerprint density at radius 3 is 2.87 bits per heavy atom. The zero-order valence-corrected chi connectivity index (χ0v) is 9.03. The number of hydrogen-bond acceptors (Lipinski definition) is 4. The van der Waals surface area contributed by atoms with Crippen molar-refractivity contribution < 1.29 is 0 Å². The van der Waals surface area contributed by atoms with Gasteiger partial charge in [0.25, 0.3) is 5.56 Å². The maximum Gasteiger partial charge on any atom is 0.252 e. The molecule has 5 nitrogen and oxygen atoms in total. The van der Waals surface area contributed by atoms with Crippen LogP contribution in [0.4, 0.5) is 5.82 Å². The molecule has 2 atom stereocenters. The fraction of sp³-hybridized carbons (Fsp3) is 0.600. The average Bonchev–Trinajstić information content (AvgIpc) is 2.45. The van der Waals surface area contributed by atoms with E-state index in [9.17, 15) is 4.79 Å². The van der Waals surface area contributed by atoms with Gasteiger partial charge in [0.15, 0.2) is 0 Å². The number of hydrogen-bond donors (Lipinski definition) is 2. The molecule has 1 saturated heterocycles. The predicted octanol–water partition coefficient (Wildman–Crippen LogP) is -0.138. The summed E-state index contributed by atoms with van der Waals surface area (Å²) in [6, 6.07) is 1.70. The van der Waals surface area contributed by atoms with Crippen molar-refractivity contribution in [3.8, 4) is 0 Å². The molecule has 1 aromatic heterocycles. The van der Waals surface area contributed by atoms with E-state index in [2.05, 4.69) is 21.8 Å². The summed E-state index contributed by atoms with van der Waals surface area (Å²) in [6.07, 6.45) is 0. The summed E-state index contributed by atoms with van der Waals surface area (Å²) in [5.74, 6) is 1.83. The Kier molecular flexibility index (Phi) is 2.48. The summed E-state index contributed by atoms with van der Waals surface area (Å²) in [5, 5.41) is 0. The van der Waals surface area contributed by atoms with Crippen LogP contribution in [-0.2, 0) is 0 Å². The van der Waals surface area contributed by atoms with Gasteiger partial charge in [-0.25, -0.2) is 4.98 Å². The van der Waals surface area contributed by atoms with Gasteiger partial charge in [-0.05, 0) is 12.8 Å². The van der Waals surface area contributed by atoms with Crippen LogP contribution in [0.5, 0.6) is 0 Å². The molecule has 82 valence electrons. The first-order valence-electron chi connectivity index (χ1n) is 5.15. The molecule has 2 rings (SSSR count). The molecule has 0 aromatic carbocycles. The van der Waals surface area contributed by atoms with Gasteiger partial charge in [-0.15, -0.1) is 0 Å². The Balaban J connectivity index is 2.27. The van der Waals surface area contributed by atoms with E-state index in [0.717, 1.165) is 18.9 Å². The highest BCUT2D eigenvalue weighted by Gasteiger charge is 2.27. The third-order valence-corrected chi connectivity index (χ3v) is 2.84. The van der Waals surface area contributed by atoms with Crippen LogP contribution in [-0.4, -0.2) is 29.1 Å². The van der Waals surface area contributed by atoms with Gasteiger partial charge in [0, 0.05) is 25.2 Å². The first-order valence-corrected chi connectivity index (χ1v) is 5.15. The molecule has 0 radical (unpaired) electrons. The predicted molar refractivity (Wildman–Crippen MR) is 58.9 cm³/mol. The van der Waals surface area contributed by atoms with Crippen molar-refractivity contribution in [3.05, 3.63) is 22.2 Å². The molecule has 1 aromatic rings. The molecule has 2 unspecified atom stereocenters. The van der Waals surface area contributed by atoms with Gasteiger partial charge >= 0.3 is 0 Å². The second-order valence-corrected chi connectivity index (χ2v) is 4.24. The fourth-order valence-corrected chi connectivity index (χ4v) is 1.90. The van der Waals surface area contributed by atoms with Gasteiger partial charge in [-0.3, -0.25) is 4.79 Å². The van der Waals surface area contributed by atoms with Gasteiger partial charge in [0.1, 0.15) is 11.6 Å². The largest absolute Gasteiger partial charge is 0.354 e. The maximum atomic E-state index is 11.3. The van der Waals surface area contributed by atoms with Gasteiger partial charge < -0.3 is 15.6 Å². The Bertz CT molecular complexity index is 404. The van der Waals surface area contributed by atoms with Crippen LogP contribution in [0, 0.1) is 12.8 Å². The summed E-state index contributed by atoms with van der Waals surface area (Å²) in [7, 11) is 0. The molecule has 2 heterocycles. The lowest BCUT2D eigenvalue weighted by molar-refractivity contribution is 0.566. The molecule has 0 spiro atoms. The van der Waals surface area contributed by atoms with Crippen LogP contribution in [0.2, 0.25) is 0 Å². The van der Waals surface area contributed by atoms with Crippen LogP contribution >= 0.6 is 0 Å².